The molecule has 0 radical (unpaired) electrons. The van der Waals surface area contributed by atoms with Gasteiger partial charge in [-0.2, -0.15) is 0 Å². The molecule has 0 aliphatic heterocycles. The van der Waals surface area contributed by atoms with Crippen LogP contribution in [-0.2, 0) is 29.1 Å². The molecule has 11 rings (SSSR count). The number of benzene rings is 7. The van der Waals surface area contributed by atoms with E-state index < -0.39 is 5.41 Å². The van der Waals surface area contributed by atoms with Crippen molar-refractivity contribution in [2.24, 2.45) is 0 Å². The zero-order valence-electron chi connectivity index (χ0n) is 34.0. The van der Waals surface area contributed by atoms with Gasteiger partial charge in [0.1, 0.15) is 0 Å². The number of rotatable bonds is 4. The number of fused-ring (bicyclic) bond motifs is 12. The molecule has 280 valence electrons. The number of anilines is 3. The van der Waals surface area contributed by atoms with Gasteiger partial charge in [0.05, 0.1) is 16.8 Å². The molecule has 4 aliphatic carbocycles. The monoisotopic (exact) mass is 737 g/mol. The quantitative estimate of drug-likeness (QED) is 0.174. The molecule has 0 atom stereocenters. The van der Waals surface area contributed by atoms with Crippen molar-refractivity contribution >= 4 is 17.1 Å². The van der Waals surface area contributed by atoms with Crippen LogP contribution in [0, 0.1) is 6.92 Å². The van der Waals surface area contributed by atoms with E-state index in [0.717, 1.165) is 12.8 Å². The summed E-state index contributed by atoms with van der Waals surface area (Å²) in [5, 5.41) is 0. The second-order valence-electron chi connectivity index (χ2n) is 18.6. The van der Waals surface area contributed by atoms with Crippen LogP contribution in [0.25, 0.3) is 33.4 Å². The first-order chi connectivity index (χ1) is 27.7. The van der Waals surface area contributed by atoms with Crippen LogP contribution in [0.1, 0.15) is 103 Å². The molecular weight excluding hydrogens is 687 g/mol. The Hall–Kier alpha value is -5.66. The zero-order chi connectivity index (χ0) is 38.7. The standard InChI is InChI=1S/C56H51N/c1-36-27-28-37-17-9-10-20-40(37)53(36)57(39-18-7-6-8-19-39)52-35-50-45(34-44(52)38-29-30-49-51(33-38)55(4,5)32-31-54(49,2)3)43-23-13-16-26-48(43)56(50)46-24-14-11-21-41(46)42-22-12-15-25-47(42)56/h6-8,11-16,18-19,21-30,33-35H,9-10,17,20,31-32H2,1-5H3. The average Bonchev–Trinajstić information content (AvgIpc) is 3.70. The van der Waals surface area contributed by atoms with Crippen molar-refractivity contribution in [3.05, 3.63) is 196 Å². The lowest BCUT2D eigenvalue weighted by molar-refractivity contribution is 0.332. The van der Waals surface area contributed by atoms with Crippen molar-refractivity contribution in [3.63, 3.8) is 0 Å². The van der Waals surface area contributed by atoms with Gasteiger partial charge >= 0.3 is 0 Å². The second kappa shape index (κ2) is 12.4. The van der Waals surface area contributed by atoms with Crippen molar-refractivity contribution in [2.45, 2.75) is 89.4 Å². The third-order valence-electron chi connectivity index (χ3n) is 14.5. The maximum Gasteiger partial charge on any atom is 0.0726 e. The molecule has 1 heteroatoms. The van der Waals surface area contributed by atoms with Gasteiger partial charge in [0.15, 0.2) is 0 Å². The van der Waals surface area contributed by atoms with Crippen molar-refractivity contribution < 1.29 is 0 Å². The van der Waals surface area contributed by atoms with Gasteiger partial charge in [-0.05, 0) is 158 Å². The normalized spacial score (nSPS) is 17.2. The summed E-state index contributed by atoms with van der Waals surface area (Å²) < 4.78 is 0. The van der Waals surface area contributed by atoms with E-state index in [2.05, 4.69) is 185 Å². The SMILES string of the molecule is Cc1ccc2c(c1N(c1ccccc1)c1cc3c(cc1-c1ccc4c(c1)C(C)(C)CCC4(C)C)-c1ccccc1C31c3ccccc3-c3ccccc31)CCCC2. The number of hydrogen-bond donors (Lipinski definition) is 0. The lowest BCUT2D eigenvalue weighted by atomic mass is 9.63. The molecule has 0 heterocycles. The summed E-state index contributed by atoms with van der Waals surface area (Å²) in [5.74, 6) is 0. The highest BCUT2D eigenvalue weighted by molar-refractivity contribution is 6.00. The summed E-state index contributed by atoms with van der Waals surface area (Å²) in [4.78, 5) is 2.66. The fraction of sp³-hybridized carbons (Fsp3) is 0.250. The van der Waals surface area contributed by atoms with Crippen molar-refractivity contribution in [2.75, 3.05) is 4.90 Å². The van der Waals surface area contributed by atoms with Crippen LogP contribution in [0.3, 0.4) is 0 Å². The highest BCUT2D eigenvalue weighted by Crippen LogP contribution is 2.64. The van der Waals surface area contributed by atoms with Gasteiger partial charge in [0, 0.05) is 11.3 Å². The fourth-order valence-corrected chi connectivity index (χ4v) is 11.5. The minimum atomic E-state index is -0.429. The van der Waals surface area contributed by atoms with Crippen LogP contribution < -0.4 is 4.90 Å². The largest absolute Gasteiger partial charge is 0.309 e. The molecule has 0 unspecified atom stereocenters. The van der Waals surface area contributed by atoms with Gasteiger partial charge in [-0.1, -0.05) is 149 Å². The van der Waals surface area contributed by atoms with Crippen LogP contribution in [0.5, 0.6) is 0 Å². The van der Waals surface area contributed by atoms with Gasteiger partial charge in [-0.3, -0.25) is 0 Å². The topological polar surface area (TPSA) is 3.24 Å². The van der Waals surface area contributed by atoms with Crippen LogP contribution in [0.2, 0.25) is 0 Å². The van der Waals surface area contributed by atoms with E-state index in [4.69, 9.17) is 0 Å². The third kappa shape index (κ3) is 4.87. The molecule has 0 saturated carbocycles. The van der Waals surface area contributed by atoms with E-state index in [-0.39, 0.29) is 10.8 Å². The lowest BCUT2D eigenvalue weighted by Gasteiger charge is -2.42. The van der Waals surface area contributed by atoms with E-state index in [1.165, 1.54) is 126 Å². The highest BCUT2D eigenvalue weighted by atomic mass is 15.2. The van der Waals surface area contributed by atoms with Crippen LogP contribution in [0.4, 0.5) is 17.1 Å². The Labute approximate surface area is 339 Å². The van der Waals surface area contributed by atoms with Gasteiger partial charge in [0.2, 0.25) is 0 Å². The van der Waals surface area contributed by atoms with Gasteiger partial charge in [-0.15, -0.1) is 0 Å². The highest BCUT2D eigenvalue weighted by Gasteiger charge is 2.52. The number of nitrogens with zero attached hydrogens (tertiary/aromatic N) is 1. The molecule has 7 aromatic carbocycles. The molecule has 0 fully saturated rings. The molecule has 7 aromatic rings. The van der Waals surface area contributed by atoms with Crippen molar-refractivity contribution in [1.29, 1.82) is 0 Å². The van der Waals surface area contributed by atoms with Gasteiger partial charge in [-0.25, -0.2) is 0 Å². The number of hydrogen-bond acceptors (Lipinski definition) is 1. The van der Waals surface area contributed by atoms with Crippen LogP contribution in [0.15, 0.2) is 146 Å². The average molecular weight is 738 g/mol. The molecule has 0 N–H and O–H groups in total. The first kappa shape index (κ1) is 34.6. The molecule has 0 saturated heterocycles. The maximum atomic E-state index is 2.66. The summed E-state index contributed by atoms with van der Waals surface area (Å²) in [6.45, 7) is 12.1. The number of aryl methyl sites for hydroxylation is 2. The summed E-state index contributed by atoms with van der Waals surface area (Å²) in [6, 6.07) is 56.4. The maximum absolute atomic E-state index is 2.66. The van der Waals surface area contributed by atoms with Crippen molar-refractivity contribution in [3.8, 4) is 33.4 Å². The first-order valence-electron chi connectivity index (χ1n) is 21.3. The Morgan fingerprint density at radius 2 is 1.04 bits per heavy atom. The van der Waals surface area contributed by atoms with Crippen molar-refractivity contribution in [1.82, 2.24) is 0 Å². The summed E-state index contributed by atoms with van der Waals surface area (Å²) in [5.41, 5.74) is 24.5. The van der Waals surface area contributed by atoms with Gasteiger partial charge < -0.3 is 4.90 Å². The lowest BCUT2D eigenvalue weighted by Crippen LogP contribution is -2.33. The molecule has 0 bridgehead atoms. The molecule has 0 aromatic heterocycles. The molecule has 57 heavy (non-hydrogen) atoms. The molecule has 4 aliphatic rings. The molecule has 0 amide bonds. The first-order valence-corrected chi connectivity index (χ1v) is 21.3. The Morgan fingerprint density at radius 1 is 0.456 bits per heavy atom. The molecular formula is C56H51N. The van der Waals surface area contributed by atoms with E-state index in [9.17, 15) is 0 Å². The summed E-state index contributed by atoms with van der Waals surface area (Å²) in [6.07, 6.45) is 7.13. The van der Waals surface area contributed by atoms with Gasteiger partial charge in [0.25, 0.3) is 0 Å². The number of para-hydroxylation sites is 1. The Bertz CT molecular complexity index is 2720. The molecule has 1 nitrogen and oxygen atoms in total. The van der Waals surface area contributed by atoms with E-state index >= 15 is 0 Å². The van der Waals surface area contributed by atoms with Crippen LogP contribution >= 0.6 is 0 Å². The Morgan fingerprint density at radius 3 is 1.70 bits per heavy atom. The van der Waals surface area contributed by atoms with E-state index in [1.807, 2.05) is 0 Å². The van der Waals surface area contributed by atoms with E-state index in [0.29, 0.717) is 0 Å². The second-order valence-corrected chi connectivity index (χ2v) is 18.6. The smallest absolute Gasteiger partial charge is 0.0726 e. The molecule has 1 spiro atoms. The zero-order valence-corrected chi connectivity index (χ0v) is 34.0. The fourth-order valence-electron chi connectivity index (χ4n) is 11.5. The minimum Gasteiger partial charge on any atom is -0.309 e. The minimum absolute atomic E-state index is 0.0971. The van der Waals surface area contributed by atoms with Crippen LogP contribution in [-0.4, -0.2) is 0 Å². The summed E-state index contributed by atoms with van der Waals surface area (Å²) in [7, 11) is 0. The van der Waals surface area contributed by atoms with E-state index in [1.54, 1.807) is 0 Å². The Balaban J connectivity index is 1.29. The third-order valence-corrected chi connectivity index (χ3v) is 14.5. The summed E-state index contributed by atoms with van der Waals surface area (Å²) >= 11 is 0. The predicted octanol–water partition coefficient (Wildman–Crippen LogP) is 14.7. The Kier molecular flexibility index (Phi) is 7.53. The predicted molar refractivity (Wildman–Crippen MR) is 240 cm³/mol.